The lowest BCUT2D eigenvalue weighted by atomic mass is 10.1. The summed E-state index contributed by atoms with van der Waals surface area (Å²) in [4.78, 5) is 11.3. The Bertz CT molecular complexity index is 590. The quantitative estimate of drug-likeness (QED) is 0.755. The topological polar surface area (TPSA) is 46.5 Å². The van der Waals surface area contributed by atoms with Gasteiger partial charge in [0, 0.05) is 0 Å². The van der Waals surface area contributed by atoms with Crippen molar-refractivity contribution in [1.29, 1.82) is 0 Å². The lowest BCUT2D eigenvalue weighted by Crippen LogP contribution is -2.04. The molecule has 0 aromatic heterocycles. The molecule has 2 aromatic carbocycles. The molecule has 0 heterocycles. The first kappa shape index (κ1) is 14.4. The van der Waals surface area contributed by atoms with E-state index in [9.17, 15) is 9.90 Å². The largest absolute Gasteiger partial charge is 0.493 e. The number of carbonyl (C=O) groups is 1. The van der Waals surface area contributed by atoms with Crippen molar-refractivity contribution in [2.24, 2.45) is 0 Å². The van der Waals surface area contributed by atoms with Crippen LogP contribution in [-0.4, -0.2) is 17.7 Å². The highest BCUT2D eigenvalue weighted by Gasteiger charge is 2.12. The second-order valence-corrected chi connectivity index (χ2v) is 4.91. The van der Waals surface area contributed by atoms with Gasteiger partial charge in [0.2, 0.25) is 0 Å². The lowest BCUT2D eigenvalue weighted by molar-refractivity contribution is 0.0692. The van der Waals surface area contributed by atoms with Crippen LogP contribution in [0.1, 0.15) is 43.0 Å². The molecule has 3 heteroatoms. The fraction of sp³-hybridized carbons (Fsp3) is 0.353. The summed E-state index contributed by atoms with van der Waals surface area (Å²) in [6.07, 6.45) is 4.44. The molecular formula is C17H20O3. The maximum absolute atomic E-state index is 11.3. The number of hydrogen-bond donors (Lipinski definition) is 1. The minimum absolute atomic E-state index is 0.235. The fourth-order valence-electron chi connectivity index (χ4n) is 2.22. The van der Waals surface area contributed by atoms with Crippen molar-refractivity contribution in [3.63, 3.8) is 0 Å². The molecule has 0 atom stereocenters. The zero-order valence-corrected chi connectivity index (χ0v) is 11.8. The van der Waals surface area contributed by atoms with Crippen LogP contribution in [0, 0.1) is 0 Å². The SMILES string of the molecule is CCCCCCOc1cc2ccccc2cc1C(=O)O. The molecule has 0 aliphatic rings. The van der Waals surface area contributed by atoms with Crippen LogP contribution in [0.25, 0.3) is 10.8 Å². The molecule has 0 bridgehead atoms. The first-order chi connectivity index (χ1) is 9.72. The van der Waals surface area contributed by atoms with Gasteiger partial charge in [-0.05, 0) is 29.3 Å². The van der Waals surface area contributed by atoms with Gasteiger partial charge in [-0.3, -0.25) is 0 Å². The van der Waals surface area contributed by atoms with E-state index < -0.39 is 5.97 Å². The third-order valence-corrected chi connectivity index (χ3v) is 3.33. The van der Waals surface area contributed by atoms with E-state index in [1.165, 1.54) is 12.8 Å². The first-order valence-corrected chi connectivity index (χ1v) is 7.11. The molecule has 0 spiro atoms. The minimum Gasteiger partial charge on any atom is -0.493 e. The third kappa shape index (κ3) is 3.50. The Morgan fingerprint density at radius 2 is 1.80 bits per heavy atom. The normalized spacial score (nSPS) is 10.7. The van der Waals surface area contributed by atoms with Gasteiger partial charge in [0.1, 0.15) is 11.3 Å². The molecule has 0 aliphatic heterocycles. The Hall–Kier alpha value is -2.03. The van der Waals surface area contributed by atoms with Gasteiger partial charge in [0.05, 0.1) is 6.61 Å². The van der Waals surface area contributed by atoms with Crippen LogP contribution in [-0.2, 0) is 0 Å². The Balaban J connectivity index is 2.17. The van der Waals surface area contributed by atoms with E-state index in [2.05, 4.69) is 6.92 Å². The molecule has 3 nitrogen and oxygen atoms in total. The Kier molecular flexibility index (Phi) is 4.99. The summed E-state index contributed by atoms with van der Waals surface area (Å²) < 4.78 is 5.67. The first-order valence-electron chi connectivity index (χ1n) is 7.11. The molecule has 0 fully saturated rings. The zero-order chi connectivity index (χ0) is 14.4. The second-order valence-electron chi connectivity index (χ2n) is 4.91. The van der Waals surface area contributed by atoms with E-state index in [0.717, 1.165) is 23.6 Å². The van der Waals surface area contributed by atoms with Crippen LogP contribution in [0.15, 0.2) is 36.4 Å². The van der Waals surface area contributed by atoms with Crippen molar-refractivity contribution in [1.82, 2.24) is 0 Å². The van der Waals surface area contributed by atoms with E-state index in [-0.39, 0.29) is 5.56 Å². The van der Waals surface area contributed by atoms with Crippen molar-refractivity contribution in [3.05, 3.63) is 42.0 Å². The predicted octanol–water partition coefficient (Wildman–Crippen LogP) is 4.50. The summed E-state index contributed by atoms with van der Waals surface area (Å²) in [5.41, 5.74) is 0.235. The van der Waals surface area contributed by atoms with Crippen LogP contribution < -0.4 is 4.74 Å². The van der Waals surface area contributed by atoms with Gasteiger partial charge in [-0.25, -0.2) is 4.79 Å². The molecular weight excluding hydrogens is 252 g/mol. The summed E-state index contributed by atoms with van der Waals surface area (Å²) in [7, 11) is 0. The Morgan fingerprint density at radius 3 is 2.45 bits per heavy atom. The number of rotatable bonds is 7. The highest BCUT2D eigenvalue weighted by atomic mass is 16.5. The van der Waals surface area contributed by atoms with Gasteiger partial charge in [-0.1, -0.05) is 50.5 Å². The Morgan fingerprint density at radius 1 is 1.10 bits per heavy atom. The van der Waals surface area contributed by atoms with Crippen LogP contribution in [0.4, 0.5) is 0 Å². The van der Waals surface area contributed by atoms with E-state index in [0.29, 0.717) is 12.4 Å². The van der Waals surface area contributed by atoms with Crippen LogP contribution in [0.3, 0.4) is 0 Å². The summed E-state index contributed by atoms with van der Waals surface area (Å²) >= 11 is 0. The molecule has 106 valence electrons. The highest BCUT2D eigenvalue weighted by Crippen LogP contribution is 2.26. The minimum atomic E-state index is -0.945. The smallest absolute Gasteiger partial charge is 0.339 e. The maximum atomic E-state index is 11.3. The zero-order valence-electron chi connectivity index (χ0n) is 11.8. The molecule has 0 unspecified atom stereocenters. The highest BCUT2D eigenvalue weighted by molar-refractivity contribution is 5.97. The summed E-state index contributed by atoms with van der Waals surface area (Å²) in [6.45, 7) is 2.73. The molecule has 2 aromatic rings. The molecule has 0 saturated carbocycles. The Labute approximate surface area is 119 Å². The summed E-state index contributed by atoms with van der Waals surface area (Å²) in [5, 5.41) is 11.2. The lowest BCUT2D eigenvalue weighted by Gasteiger charge is -2.10. The van der Waals surface area contributed by atoms with E-state index in [1.54, 1.807) is 6.07 Å². The van der Waals surface area contributed by atoms with Gasteiger partial charge in [-0.15, -0.1) is 0 Å². The van der Waals surface area contributed by atoms with E-state index >= 15 is 0 Å². The van der Waals surface area contributed by atoms with Gasteiger partial charge < -0.3 is 9.84 Å². The number of carboxylic acids is 1. The fourth-order valence-corrected chi connectivity index (χ4v) is 2.22. The van der Waals surface area contributed by atoms with E-state index in [1.807, 2.05) is 30.3 Å². The van der Waals surface area contributed by atoms with Crippen LogP contribution in [0.2, 0.25) is 0 Å². The summed E-state index contributed by atoms with van der Waals surface area (Å²) in [6, 6.07) is 11.2. The van der Waals surface area contributed by atoms with Crippen molar-refractivity contribution in [2.75, 3.05) is 6.61 Å². The van der Waals surface area contributed by atoms with E-state index in [4.69, 9.17) is 4.74 Å². The summed E-state index contributed by atoms with van der Waals surface area (Å²) in [5.74, 6) is -0.480. The predicted molar refractivity (Wildman–Crippen MR) is 80.5 cm³/mol. The molecule has 0 amide bonds. The van der Waals surface area contributed by atoms with Gasteiger partial charge >= 0.3 is 5.97 Å². The van der Waals surface area contributed by atoms with Crippen LogP contribution in [0.5, 0.6) is 5.75 Å². The molecule has 20 heavy (non-hydrogen) atoms. The number of benzene rings is 2. The standard InChI is InChI=1S/C17H20O3/c1-2-3-4-7-10-20-16-12-14-9-6-5-8-13(14)11-15(16)17(18)19/h5-6,8-9,11-12H,2-4,7,10H2,1H3,(H,18,19). The van der Waals surface area contributed by atoms with Crippen molar-refractivity contribution in [2.45, 2.75) is 32.6 Å². The average molecular weight is 272 g/mol. The number of hydrogen-bond acceptors (Lipinski definition) is 2. The monoisotopic (exact) mass is 272 g/mol. The second kappa shape index (κ2) is 6.94. The number of aromatic carboxylic acids is 1. The average Bonchev–Trinajstić information content (AvgIpc) is 2.46. The maximum Gasteiger partial charge on any atom is 0.339 e. The van der Waals surface area contributed by atoms with Crippen molar-refractivity contribution in [3.8, 4) is 5.75 Å². The van der Waals surface area contributed by atoms with Gasteiger partial charge in [0.25, 0.3) is 0 Å². The van der Waals surface area contributed by atoms with Crippen molar-refractivity contribution >= 4 is 16.7 Å². The van der Waals surface area contributed by atoms with Crippen LogP contribution >= 0.6 is 0 Å². The number of ether oxygens (including phenoxy) is 1. The molecule has 0 saturated heterocycles. The molecule has 1 N–H and O–H groups in total. The number of unbranched alkanes of at least 4 members (excludes halogenated alkanes) is 3. The van der Waals surface area contributed by atoms with Gasteiger partial charge in [0.15, 0.2) is 0 Å². The number of carboxylic acid groups (broad SMARTS) is 1. The number of fused-ring (bicyclic) bond motifs is 1. The van der Waals surface area contributed by atoms with Gasteiger partial charge in [-0.2, -0.15) is 0 Å². The molecule has 0 aliphatic carbocycles. The molecule has 0 radical (unpaired) electrons. The van der Waals surface area contributed by atoms with Crippen molar-refractivity contribution < 1.29 is 14.6 Å². The third-order valence-electron chi connectivity index (χ3n) is 3.33. The molecule has 2 rings (SSSR count).